The van der Waals surface area contributed by atoms with E-state index >= 15 is 0 Å². The molecule has 0 radical (unpaired) electrons. The Labute approximate surface area is 177 Å². The lowest BCUT2D eigenvalue weighted by molar-refractivity contribution is -0.120. The molecule has 2 aromatic rings. The normalized spacial score (nSPS) is 11.7. The predicted octanol–water partition coefficient (Wildman–Crippen LogP) is 3.11. The fourth-order valence-corrected chi connectivity index (χ4v) is 3.34. The van der Waals surface area contributed by atoms with Crippen LogP contribution in [-0.4, -0.2) is 37.0 Å². The molecule has 30 heavy (non-hydrogen) atoms. The number of nitrogens with one attached hydrogen (secondary N) is 1. The van der Waals surface area contributed by atoms with E-state index in [0.29, 0.717) is 28.7 Å². The number of aromatic nitrogens is 2. The topological polar surface area (TPSA) is 98.4 Å². The molecule has 0 aliphatic rings. The van der Waals surface area contributed by atoms with Gasteiger partial charge in [0.15, 0.2) is 11.5 Å². The van der Waals surface area contributed by atoms with E-state index in [-0.39, 0.29) is 12.3 Å². The number of carbonyl (C=O) groups excluding carboxylic acids is 1. The molecule has 1 N–H and O–H groups in total. The van der Waals surface area contributed by atoms with Crippen LogP contribution in [0.2, 0.25) is 0 Å². The zero-order valence-electron chi connectivity index (χ0n) is 18.7. The van der Waals surface area contributed by atoms with Gasteiger partial charge in [-0.05, 0) is 37.5 Å². The fourth-order valence-electron chi connectivity index (χ4n) is 3.34. The Kier molecular flexibility index (Phi) is 7.70. The minimum absolute atomic E-state index is 0.151. The second kappa shape index (κ2) is 10.0. The molecule has 0 aliphatic heterocycles. The van der Waals surface area contributed by atoms with Crippen LogP contribution in [0.4, 0.5) is 0 Å². The first-order valence-corrected chi connectivity index (χ1v) is 9.77. The predicted molar refractivity (Wildman–Crippen MR) is 113 cm³/mol. The lowest BCUT2D eigenvalue weighted by atomic mass is 10.0. The van der Waals surface area contributed by atoms with E-state index in [4.69, 9.17) is 14.2 Å². The third kappa shape index (κ3) is 5.03. The van der Waals surface area contributed by atoms with Gasteiger partial charge in [-0.25, -0.2) is 0 Å². The molecule has 1 heterocycles. The van der Waals surface area contributed by atoms with E-state index in [1.807, 2.05) is 18.5 Å². The molecule has 0 saturated carbocycles. The summed E-state index contributed by atoms with van der Waals surface area (Å²) in [4.78, 5) is 12.7. The SMILES string of the molecule is COc1cc(C(C#N)NC(=O)Cc2c(C)nn(CC(C)C)c2C)cc(OC)c1OC. The van der Waals surface area contributed by atoms with E-state index in [9.17, 15) is 10.1 Å². The van der Waals surface area contributed by atoms with Gasteiger partial charge in [-0.1, -0.05) is 13.8 Å². The van der Waals surface area contributed by atoms with Crippen LogP contribution in [0.3, 0.4) is 0 Å². The Balaban J connectivity index is 2.24. The molecule has 1 aromatic carbocycles. The van der Waals surface area contributed by atoms with Gasteiger partial charge in [-0.3, -0.25) is 9.48 Å². The number of benzene rings is 1. The Morgan fingerprint density at radius 2 is 1.77 bits per heavy atom. The summed E-state index contributed by atoms with van der Waals surface area (Å²) < 4.78 is 17.9. The van der Waals surface area contributed by atoms with E-state index in [1.54, 1.807) is 12.1 Å². The fraction of sp³-hybridized carbons (Fsp3) is 0.500. The van der Waals surface area contributed by atoms with Gasteiger partial charge in [-0.15, -0.1) is 0 Å². The van der Waals surface area contributed by atoms with Crippen LogP contribution in [0.15, 0.2) is 12.1 Å². The molecule has 1 atom stereocenters. The minimum Gasteiger partial charge on any atom is -0.493 e. The number of carbonyl (C=O) groups is 1. The zero-order valence-corrected chi connectivity index (χ0v) is 18.7. The molecule has 0 spiro atoms. The van der Waals surface area contributed by atoms with Gasteiger partial charge in [0.2, 0.25) is 11.7 Å². The molecule has 0 aliphatic carbocycles. The lowest BCUT2D eigenvalue weighted by Crippen LogP contribution is -2.29. The number of ether oxygens (including phenoxy) is 3. The van der Waals surface area contributed by atoms with E-state index < -0.39 is 6.04 Å². The second-order valence-electron chi connectivity index (χ2n) is 7.49. The monoisotopic (exact) mass is 414 g/mol. The highest BCUT2D eigenvalue weighted by Gasteiger charge is 2.22. The van der Waals surface area contributed by atoms with Crippen LogP contribution in [-0.2, 0) is 17.8 Å². The molecule has 2 rings (SSSR count). The average Bonchev–Trinajstić information content (AvgIpc) is 2.97. The van der Waals surface area contributed by atoms with Crippen LogP contribution in [0.1, 0.15) is 42.4 Å². The van der Waals surface area contributed by atoms with Crippen LogP contribution < -0.4 is 19.5 Å². The number of amides is 1. The quantitative estimate of drug-likeness (QED) is 0.677. The first kappa shape index (κ1) is 23.1. The minimum atomic E-state index is -0.863. The summed E-state index contributed by atoms with van der Waals surface area (Å²) in [5.74, 6) is 1.46. The van der Waals surface area contributed by atoms with Gasteiger partial charge in [-0.2, -0.15) is 10.4 Å². The van der Waals surface area contributed by atoms with E-state index in [0.717, 1.165) is 23.5 Å². The zero-order chi connectivity index (χ0) is 22.4. The van der Waals surface area contributed by atoms with Crippen molar-refractivity contribution in [2.24, 2.45) is 5.92 Å². The smallest absolute Gasteiger partial charge is 0.225 e. The molecule has 1 amide bonds. The first-order valence-electron chi connectivity index (χ1n) is 9.77. The highest BCUT2D eigenvalue weighted by atomic mass is 16.5. The van der Waals surface area contributed by atoms with E-state index in [2.05, 4.69) is 30.3 Å². The maximum Gasteiger partial charge on any atom is 0.225 e. The summed E-state index contributed by atoms with van der Waals surface area (Å²) in [6.07, 6.45) is 0.151. The molecule has 8 heteroatoms. The maximum atomic E-state index is 12.7. The molecule has 0 saturated heterocycles. The molecular formula is C22H30N4O4. The number of hydrogen-bond acceptors (Lipinski definition) is 6. The molecule has 162 valence electrons. The van der Waals surface area contributed by atoms with Crippen LogP contribution in [0, 0.1) is 31.1 Å². The highest BCUT2D eigenvalue weighted by Crippen LogP contribution is 2.39. The third-order valence-electron chi connectivity index (χ3n) is 4.86. The first-order chi connectivity index (χ1) is 14.2. The number of rotatable bonds is 9. The summed E-state index contributed by atoms with van der Waals surface area (Å²) in [7, 11) is 4.51. The Morgan fingerprint density at radius 1 is 1.17 bits per heavy atom. The van der Waals surface area contributed by atoms with Crippen molar-refractivity contribution in [2.45, 2.75) is 46.7 Å². The van der Waals surface area contributed by atoms with Gasteiger partial charge < -0.3 is 19.5 Å². The molecule has 8 nitrogen and oxygen atoms in total. The van der Waals surface area contributed by atoms with Crippen molar-refractivity contribution in [2.75, 3.05) is 21.3 Å². The molecule has 0 bridgehead atoms. The summed E-state index contributed by atoms with van der Waals surface area (Å²) in [6.45, 7) is 8.90. The largest absolute Gasteiger partial charge is 0.493 e. The number of hydrogen-bond donors (Lipinski definition) is 1. The van der Waals surface area contributed by atoms with Gasteiger partial charge in [0.1, 0.15) is 6.04 Å². The number of nitriles is 1. The van der Waals surface area contributed by atoms with Gasteiger partial charge in [0, 0.05) is 17.8 Å². The van der Waals surface area contributed by atoms with Crippen molar-refractivity contribution in [3.63, 3.8) is 0 Å². The van der Waals surface area contributed by atoms with Crippen molar-refractivity contribution in [3.8, 4) is 23.3 Å². The Hall–Kier alpha value is -3.21. The summed E-state index contributed by atoms with van der Waals surface area (Å²) in [6, 6.07) is 4.59. The molecular weight excluding hydrogens is 384 g/mol. The summed E-state index contributed by atoms with van der Waals surface area (Å²) in [5, 5.41) is 17.0. The summed E-state index contributed by atoms with van der Waals surface area (Å²) >= 11 is 0. The van der Waals surface area contributed by atoms with Crippen molar-refractivity contribution in [1.29, 1.82) is 5.26 Å². The Bertz CT molecular complexity index is 918. The summed E-state index contributed by atoms with van der Waals surface area (Å²) in [5.41, 5.74) is 3.22. The number of nitrogens with zero attached hydrogens (tertiary/aromatic N) is 3. The molecule has 1 aromatic heterocycles. The van der Waals surface area contributed by atoms with Crippen molar-refractivity contribution < 1.29 is 19.0 Å². The van der Waals surface area contributed by atoms with Gasteiger partial charge in [0.25, 0.3) is 0 Å². The standard InChI is InChI=1S/C22H30N4O4/c1-13(2)12-26-15(4)17(14(3)25-26)10-21(27)24-18(11-23)16-8-19(28-5)22(30-7)20(9-16)29-6/h8-9,13,18H,10,12H2,1-7H3,(H,24,27). The highest BCUT2D eigenvalue weighted by molar-refractivity contribution is 5.80. The van der Waals surface area contributed by atoms with Crippen LogP contribution in [0.25, 0.3) is 0 Å². The number of aryl methyl sites for hydroxylation is 1. The second-order valence-corrected chi connectivity index (χ2v) is 7.49. The third-order valence-corrected chi connectivity index (χ3v) is 4.86. The van der Waals surface area contributed by atoms with Gasteiger partial charge >= 0.3 is 0 Å². The molecule has 0 fully saturated rings. The van der Waals surface area contributed by atoms with Crippen molar-refractivity contribution >= 4 is 5.91 Å². The van der Waals surface area contributed by atoms with Crippen molar-refractivity contribution in [1.82, 2.24) is 15.1 Å². The lowest BCUT2D eigenvalue weighted by Gasteiger charge is -2.17. The van der Waals surface area contributed by atoms with Crippen LogP contribution in [0.5, 0.6) is 17.2 Å². The van der Waals surface area contributed by atoms with Gasteiger partial charge in [0.05, 0.1) is 39.5 Å². The van der Waals surface area contributed by atoms with Crippen molar-refractivity contribution in [3.05, 3.63) is 34.6 Å². The van der Waals surface area contributed by atoms with Crippen LogP contribution >= 0.6 is 0 Å². The number of methoxy groups -OCH3 is 3. The Morgan fingerprint density at radius 3 is 2.23 bits per heavy atom. The maximum absolute atomic E-state index is 12.7. The average molecular weight is 415 g/mol. The van der Waals surface area contributed by atoms with E-state index in [1.165, 1.54) is 21.3 Å². The molecule has 1 unspecified atom stereocenters.